The number of hydroxylamine groups is 1. The summed E-state index contributed by atoms with van der Waals surface area (Å²) in [5.41, 5.74) is 2.31. The maximum absolute atomic E-state index is 11.0. The molecule has 1 atom stereocenters. The molecule has 10 heavy (non-hydrogen) atoms. The zero-order valence-electron chi connectivity index (χ0n) is 6.02. The van der Waals surface area contributed by atoms with Gasteiger partial charge in [-0.3, -0.25) is 9.63 Å². The van der Waals surface area contributed by atoms with E-state index in [0.717, 1.165) is 19.5 Å². The van der Waals surface area contributed by atoms with Crippen LogP contribution in [0.3, 0.4) is 0 Å². The van der Waals surface area contributed by atoms with Crippen molar-refractivity contribution < 1.29 is 9.63 Å². The van der Waals surface area contributed by atoms with Crippen LogP contribution in [0.5, 0.6) is 0 Å². The molecule has 58 valence electrons. The Balaban J connectivity index is 2.25. The highest BCUT2D eigenvalue weighted by Crippen LogP contribution is 2.06. The van der Waals surface area contributed by atoms with Gasteiger partial charge in [0.05, 0.1) is 13.0 Å². The zero-order valence-corrected chi connectivity index (χ0v) is 6.02. The van der Waals surface area contributed by atoms with Gasteiger partial charge >= 0.3 is 0 Å². The monoisotopic (exact) mass is 144 g/mol. The standard InChI is InChI=1S/C6H12N2O2/c1-10-8-6(9)5-2-3-7-4-5/h5,7H,2-4H2,1H3,(H,8,9)/t5-/m0/s1. The van der Waals surface area contributed by atoms with Gasteiger partial charge in [0, 0.05) is 6.54 Å². The van der Waals surface area contributed by atoms with E-state index in [1.165, 1.54) is 7.11 Å². The number of hydrogen-bond donors (Lipinski definition) is 2. The van der Waals surface area contributed by atoms with Crippen molar-refractivity contribution in [1.82, 2.24) is 10.8 Å². The lowest BCUT2D eigenvalue weighted by Gasteiger charge is -2.05. The lowest BCUT2D eigenvalue weighted by Crippen LogP contribution is -2.30. The number of carbonyl (C=O) groups is 1. The summed E-state index contributed by atoms with van der Waals surface area (Å²) < 4.78 is 0. The minimum Gasteiger partial charge on any atom is -0.316 e. The van der Waals surface area contributed by atoms with Gasteiger partial charge in [-0.15, -0.1) is 0 Å². The smallest absolute Gasteiger partial charge is 0.247 e. The first-order valence-corrected chi connectivity index (χ1v) is 3.38. The van der Waals surface area contributed by atoms with Crippen molar-refractivity contribution in [3.8, 4) is 0 Å². The maximum atomic E-state index is 11.0. The number of amides is 1. The second-order valence-electron chi connectivity index (χ2n) is 2.36. The van der Waals surface area contributed by atoms with Gasteiger partial charge in [-0.2, -0.15) is 0 Å². The van der Waals surface area contributed by atoms with Gasteiger partial charge in [-0.25, -0.2) is 5.48 Å². The molecule has 0 aromatic carbocycles. The highest BCUT2D eigenvalue weighted by Gasteiger charge is 2.21. The molecule has 0 spiro atoms. The summed E-state index contributed by atoms with van der Waals surface area (Å²) in [7, 11) is 1.44. The van der Waals surface area contributed by atoms with Crippen molar-refractivity contribution in [1.29, 1.82) is 0 Å². The highest BCUT2D eigenvalue weighted by atomic mass is 16.6. The van der Waals surface area contributed by atoms with Gasteiger partial charge in [0.25, 0.3) is 0 Å². The van der Waals surface area contributed by atoms with E-state index >= 15 is 0 Å². The van der Waals surface area contributed by atoms with Crippen LogP contribution in [-0.2, 0) is 9.63 Å². The van der Waals surface area contributed by atoms with E-state index in [0.29, 0.717) is 0 Å². The van der Waals surface area contributed by atoms with Crippen LogP contribution in [0.25, 0.3) is 0 Å². The van der Waals surface area contributed by atoms with Gasteiger partial charge in [-0.1, -0.05) is 0 Å². The molecule has 1 aliphatic rings. The number of rotatable bonds is 2. The molecule has 0 radical (unpaired) electrons. The Kier molecular flexibility index (Phi) is 2.65. The molecule has 4 nitrogen and oxygen atoms in total. The Morgan fingerprint density at radius 3 is 3.10 bits per heavy atom. The fourth-order valence-corrected chi connectivity index (χ4v) is 1.06. The molecular formula is C6H12N2O2. The second kappa shape index (κ2) is 3.53. The van der Waals surface area contributed by atoms with Crippen molar-refractivity contribution in [3.63, 3.8) is 0 Å². The summed E-state index contributed by atoms with van der Waals surface area (Å²) in [6.07, 6.45) is 0.912. The summed E-state index contributed by atoms with van der Waals surface area (Å²) in [6.45, 7) is 1.71. The van der Waals surface area contributed by atoms with Crippen molar-refractivity contribution in [2.45, 2.75) is 6.42 Å². The third-order valence-corrected chi connectivity index (χ3v) is 1.63. The van der Waals surface area contributed by atoms with E-state index in [9.17, 15) is 4.79 Å². The van der Waals surface area contributed by atoms with Crippen LogP contribution >= 0.6 is 0 Å². The van der Waals surface area contributed by atoms with E-state index in [2.05, 4.69) is 15.6 Å². The van der Waals surface area contributed by atoms with Crippen LogP contribution in [0.1, 0.15) is 6.42 Å². The molecule has 1 heterocycles. The minimum atomic E-state index is -0.0208. The van der Waals surface area contributed by atoms with Gasteiger partial charge in [0.15, 0.2) is 0 Å². The lowest BCUT2D eigenvalue weighted by atomic mass is 10.1. The molecule has 0 bridgehead atoms. The van der Waals surface area contributed by atoms with E-state index < -0.39 is 0 Å². The summed E-state index contributed by atoms with van der Waals surface area (Å²) >= 11 is 0. The largest absolute Gasteiger partial charge is 0.316 e. The van der Waals surface area contributed by atoms with Crippen molar-refractivity contribution in [2.75, 3.05) is 20.2 Å². The quantitative estimate of drug-likeness (QED) is 0.502. The Bertz CT molecular complexity index is 121. The topological polar surface area (TPSA) is 50.4 Å². The molecule has 1 fully saturated rings. The van der Waals surface area contributed by atoms with Crippen LogP contribution in [0.15, 0.2) is 0 Å². The van der Waals surface area contributed by atoms with Gasteiger partial charge < -0.3 is 5.32 Å². The third-order valence-electron chi connectivity index (χ3n) is 1.63. The Labute approximate surface area is 59.9 Å². The number of carbonyl (C=O) groups excluding carboxylic acids is 1. The van der Waals surface area contributed by atoms with E-state index in [1.807, 2.05) is 0 Å². The first kappa shape index (κ1) is 7.50. The fraction of sp³-hybridized carbons (Fsp3) is 0.833. The van der Waals surface area contributed by atoms with Crippen molar-refractivity contribution >= 4 is 5.91 Å². The molecule has 0 saturated carbocycles. The maximum Gasteiger partial charge on any atom is 0.247 e. The molecule has 1 aliphatic heterocycles. The summed E-state index contributed by atoms with van der Waals surface area (Å²) in [5.74, 6) is 0.0763. The Hall–Kier alpha value is -0.610. The molecule has 1 amide bonds. The molecule has 1 saturated heterocycles. The lowest BCUT2D eigenvalue weighted by molar-refractivity contribution is -0.134. The van der Waals surface area contributed by atoms with Crippen LogP contribution in [0.4, 0.5) is 0 Å². The summed E-state index contributed by atoms with van der Waals surface area (Å²) in [5, 5.41) is 3.10. The first-order valence-electron chi connectivity index (χ1n) is 3.38. The molecule has 0 unspecified atom stereocenters. The molecule has 0 aliphatic carbocycles. The summed E-state index contributed by atoms with van der Waals surface area (Å²) in [6, 6.07) is 0. The SMILES string of the molecule is CONC(=O)[C@H]1CCNC1. The normalized spacial score (nSPS) is 24.7. The number of nitrogens with one attached hydrogen (secondary N) is 2. The van der Waals surface area contributed by atoms with Gasteiger partial charge in [0.2, 0.25) is 5.91 Å². The van der Waals surface area contributed by atoms with Crippen molar-refractivity contribution in [3.05, 3.63) is 0 Å². The van der Waals surface area contributed by atoms with Gasteiger partial charge in [0.1, 0.15) is 0 Å². The van der Waals surface area contributed by atoms with E-state index in [-0.39, 0.29) is 11.8 Å². The average molecular weight is 144 g/mol. The van der Waals surface area contributed by atoms with E-state index in [1.54, 1.807) is 0 Å². The van der Waals surface area contributed by atoms with Gasteiger partial charge in [-0.05, 0) is 13.0 Å². The molecular weight excluding hydrogens is 132 g/mol. The number of hydrogen-bond acceptors (Lipinski definition) is 3. The Morgan fingerprint density at radius 1 is 1.80 bits per heavy atom. The Morgan fingerprint density at radius 2 is 2.60 bits per heavy atom. The molecule has 0 aromatic rings. The van der Waals surface area contributed by atoms with Crippen LogP contribution in [0, 0.1) is 5.92 Å². The predicted octanol–water partition coefficient (Wildman–Crippen LogP) is -0.726. The zero-order chi connectivity index (χ0) is 7.40. The van der Waals surface area contributed by atoms with Crippen LogP contribution < -0.4 is 10.8 Å². The molecule has 1 rings (SSSR count). The molecule has 2 N–H and O–H groups in total. The van der Waals surface area contributed by atoms with Crippen molar-refractivity contribution in [2.24, 2.45) is 5.92 Å². The second-order valence-corrected chi connectivity index (χ2v) is 2.36. The fourth-order valence-electron chi connectivity index (χ4n) is 1.06. The van der Waals surface area contributed by atoms with E-state index in [4.69, 9.17) is 0 Å². The minimum absolute atomic E-state index is 0.0208. The van der Waals surface area contributed by atoms with Crippen LogP contribution in [0.2, 0.25) is 0 Å². The summed E-state index contributed by atoms with van der Waals surface area (Å²) in [4.78, 5) is 15.5. The molecule has 0 aromatic heterocycles. The average Bonchev–Trinajstić information content (AvgIpc) is 2.38. The first-order chi connectivity index (χ1) is 4.84. The predicted molar refractivity (Wildman–Crippen MR) is 36.1 cm³/mol. The highest BCUT2D eigenvalue weighted by molar-refractivity contribution is 5.78. The molecule has 4 heteroatoms. The third kappa shape index (κ3) is 1.68. The van der Waals surface area contributed by atoms with Crippen LogP contribution in [-0.4, -0.2) is 26.1 Å².